The van der Waals surface area contributed by atoms with Crippen LogP contribution in [0.2, 0.25) is 0 Å². The number of hydrogen-bond donors (Lipinski definition) is 0. The van der Waals surface area contributed by atoms with Crippen LogP contribution in [0.25, 0.3) is 33.9 Å². The third-order valence-corrected chi connectivity index (χ3v) is 7.93. The first-order chi connectivity index (χ1) is 17.3. The number of aryl methyl sites for hydroxylation is 2. The zero-order valence-corrected chi connectivity index (χ0v) is 24.5. The Kier molecular flexibility index (Phi) is 6.02. The van der Waals surface area contributed by atoms with Crippen molar-refractivity contribution in [2.24, 2.45) is 0 Å². The average Bonchev–Trinajstić information content (AvgIpc) is 3.40. The zero-order chi connectivity index (χ0) is 26.9. The van der Waals surface area contributed by atoms with Crippen molar-refractivity contribution < 1.29 is 0 Å². The van der Waals surface area contributed by atoms with Gasteiger partial charge in [-0.25, -0.2) is 0 Å². The van der Waals surface area contributed by atoms with Gasteiger partial charge in [0, 0.05) is 0 Å². The van der Waals surface area contributed by atoms with Crippen LogP contribution >= 0.6 is 0 Å². The van der Waals surface area contributed by atoms with Crippen molar-refractivity contribution in [3.63, 3.8) is 0 Å². The van der Waals surface area contributed by atoms with Gasteiger partial charge in [-0.05, 0) is 118 Å². The van der Waals surface area contributed by atoms with E-state index in [9.17, 15) is 0 Å². The summed E-state index contributed by atoms with van der Waals surface area (Å²) in [6.07, 6.45) is 8.17. The molecule has 2 aliphatic carbocycles. The maximum absolute atomic E-state index is 2.48. The first-order valence-corrected chi connectivity index (χ1v) is 13.8. The molecule has 0 amide bonds. The van der Waals surface area contributed by atoms with Crippen LogP contribution in [0, 0.1) is 13.8 Å². The van der Waals surface area contributed by atoms with Gasteiger partial charge in [-0.15, -0.1) is 0 Å². The standard InChI is InChI=1S/C37H42/c1-22(2)31-21-32-29-15-14-27(36(5,6)7)19-26(29)20-33(32)34(35(31)37(8,9)10)30-13-11-12-28(30)25-17-23(3)16-24(4)18-25/h11-12,14-21H,13H2,1-10H3. The van der Waals surface area contributed by atoms with Crippen LogP contribution < -0.4 is 10.4 Å². The van der Waals surface area contributed by atoms with Crippen molar-refractivity contribution in [3.8, 4) is 11.1 Å². The molecule has 0 aromatic heterocycles. The molecule has 0 nitrogen and oxygen atoms in total. The SMILES string of the molecule is CC(C)=c1cc2c(c(C3=C(c4cc(C)cc(C)c4)C=CC3)c1C(C)(C)C)=Cc1cc(C(C)(C)C)ccc1-2. The molecule has 0 N–H and O–H groups in total. The molecular formula is C37H42. The summed E-state index contributed by atoms with van der Waals surface area (Å²) in [6.45, 7) is 23.0. The van der Waals surface area contributed by atoms with Gasteiger partial charge in [-0.2, -0.15) is 0 Å². The Labute approximate surface area is 224 Å². The molecule has 0 radical (unpaired) electrons. The third-order valence-electron chi connectivity index (χ3n) is 7.93. The summed E-state index contributed by atoms with van der Waals surface area (Å²) in [7, 11) is 0. The van der Waals surface area contributed by atoms with Crippen molar-refractivity contribution >= 4 is 22.8 Å². The van der Waals surface area contributed by atoms with Crippen molar-refractivity contribution in [1.29, 1.82) is 0 Å². The Hall–Kier alpha value is -3.12. The Morgan fingerprint density at radius 2 is 1.43 bits per heavy atom. The molecule has 0 heteroatoms. The Balaban J connectivity index is 1.93. The predicted molar refractivity (Wildman–Crippen MR) is 163 cm³/mol. The van der Waals surface area contributed by atoms with E-state index in [2.05, 4.69) is 130 Å². The number of hydrogen-bond acceptors (Lipinski definition) is 0. The fraction of sp³-hybridized carbons (Fsp3) is 0.351. The van der Waals surface area contributed by atoms with Crippen molar-refractivity contribution in [3.05, 3.63) is 104 Å². The summed E-state index contributed by atoms with van der Waals surface area (Å²) in [4.78, 5) is 0. The van der Waals surface area contributed by atoms with Crippen LogP contribution in [0.3, 0.4) is 0 Å². The number of rotatable bonds is 2. The Bertz CT molecular complexity index is 1590. The molecule has 3 aromatic rings. The summed E-state index contributed by atoms with van der Waals surface area (Å²) >= 11 is 0. The predicted octanol–water partition coefficient (Wildman–Crippen LogP) is 8.77. The lowest BCUT2D eigenvalue weighted by molar-refractivity contribution is 0.583. The second-order valence-electron chi connectivity index (χ2n) is 13.5. The highest BCUT2D eigenvalue weighted by molar-refractivity contribution is 6.01. The van der Waals surface area contributed by atoms with Crippen LogP contribution in [0.15, 0.2) is 54.6 Å². The normalized spacial score (nSPS) is 14.6. The van der Waals surface area contributed by atoms with E-state index in [0.29, 0.717) is 0 Å². The highest BCUT2D eigenvalue weighted by Crippen LogP contribution is 2.41. The molecular weight excluding hydrogens is 444 g/mol. The van der Waals surface area contributed by atoms with E-state index in [1.807, 2.05) is 0 Å². The molecule has 37 heavy (non-hydrogen) atoms. The van der Waals surface area contributed by atoms with Gasteiger partial charge < -0.3 is 0 Å². The molecule has 0 unspecified atom stereocenters. The molecule has 0 heterocycles. The van der Waals surface area contributed by atoms with Gasteiger partial charge in [0.05, 0.1) is 0 Å². The molecule has 0 bridgehead atoms. The van der Waals surface area contributed by atoms with Gasteiger partial charge in [-0.1, -0.05) is 107 Å². The summed E-state index contributed by atoms with van der Waals surface area (Å²) in [5.41, 5.74) is 16.8. The highest BCUT2D eigenvalue weighted by atomic mass is 14.3. The van der Waals surface area contributed by atoms with Gasteiger partial charge in [0.1, 0.15) is 0 Å². The van der Waals surface area contributed by atoms with E-state index in [1.54, 1.807) is 0 Å². The van der Waals surface area contributed by atoms with Gasteiger partial charge >= 0.3 is 0 Å². The van der Waals surface area contributed by atoms with Crippen LogP contribution in [0.5, 0.6) is 0 Å². The van der Waals surface area contributed by atoms with E-state index in [0.717, 1.165) is 6.42 Å². The first-order valence-electron chi connectivity index (χ1n) is 13.8. The van der Waals surface area contributed by atoms with Crippen LogP contribution in [-0.4, -0.2) is 0 Å². The molecule has 0 spiro atoms. The fourth-order valence-electron chi connectivity index (χ4n) is 6.25. The lowest BCUT2D eigenvalue weighted by Gasteiger charge is -2.27. The molecule has 3 aromatic carbocycles. The van der Waals surface area contributed by atoms with E-state index in [1.165, 1.54) is 77.2 Å². The molecule has 5 rings (SSSR count). The van der Waals surface area contributed by atoms with Crippen LogP contribution in [0.1, 0.15) is 101 Å². The van der Waals surface area contributed by atoms with E-state index in [-0.39, 0.29) is 10.8 Å². The second kappa shape index (κ2) is 8.73. The van der Waals surface area contributed by atoms with E-state index < -0.39 is 0 Å². The summed E-state index contributed by atoms with van der Waals surface area (Å²) < 4.78 is 0. The van der Waals surface area contributed by atoms with Gasteiger partial charge in [0.2, 0.25) is 0 Å². The molecule has 0 aliphatic heterocycles. The van der Waals surface area contributed by atoms with Crippen molar-refractivity contribution in [1.82, 2.24) is 0 Å². The van der Waals surface area contributed by atoms with Crippen LogP contribution in [0.4, 0.5) is 0 Å². The second-order valence-corrected chi connectivity index (χ2v) is 13.5. The minimum Gasteiger partial charge on any atom is -0.0795 e. The molecule has 0 saturated carbocycles. The van der Waals surface area contributed by atoms with Crippen molar-refractivity contribution in [2.75, 3.05) is 0 Å². The monoisotopic (exact) mass is 486 g/mol. The fourth-order valence-corrected chi connectivity index (χ4v) is 6.25. The van der Waals surface area contributed by atoms with Crippen molar-refractivity contribution in [2.45, 2.75) is 86.5 Å². The minimum atomic E-state index is 0.0133. The van der Waals surface area contributed by atoms with Gasteiger partial charge in [-0.3, -0.25) is 0 Å². The van der Waals surface area contributed by atoms with E-state index >= 15 is 0 Å². The minimum absolute atomic E-state index is 0.0133. The van der Waals surface area contributed by atoms with E-state index in [4.69, 9.17) is 0 Å². The zero-order valence-electron chi connectivity index (χ0n) is 24.5. The lowest BCUT2D eigenvalue weighted by atomic mass is 9.76. The molecule has 2 aliphatic rings. The maximum Gasteiger partial charge on any atom is -0.00817 e. The third kappa shape index (κ3) is 4.46. The molecule has 190 valence electrons. The largest absolute Gasteiger partial charge is 0.0795 e. The van der Waals surface area contributed by atoms with Gasteiger partial charge in [0.25, 0.3) is 0 Å². The summed E-state index contributed by atoms with van der Waals surface area (Å²) in [6, 6.07) is 16.6. The number of benzene rings is 3. The number of allylic oxidation sites excluding steroid dienone is 4. The first kappa shape index (κ1) is 25.5. The summed E-state index contributed by atoms with van der Waals surface area (Å²) in [5, 5.41) is 2.80. The van der Waals surface area contributed by atoms with Crippen LogP contribution in [-0.2, 0) is 10.8 Å². The maximum atomic E-state index is 2.48. The topological polar surface area (TPSA) is 0 Å². The Morgan fingerprint density at radius 3 is 2.03 bits per heavy atom. The quantitative estimate of drug-likeness (QED) is 0.266. The smallest absolute Gasteiger partial charge is 0.00817 e. The lowest BCUT2D eigenvalue weighted by Crippen LogP contribution is -2.31. The molecule has 0 atom stereocenters. The molecule has 0 fully saturated rings. The average molecular weight is 487 g/mol. The Morgan fingerprint density at radius 1 is 0.757 bits per heavy atom. The van der Waals surface area contributed by atoms with Gasteiger partial charge in [0.15, 0.2) is 0 Å². The number of fused-ring (bicyclic) bond motifs is 3. The summed E-state index contributed by atoms with van der Waals surface area (Å²) in [5.74, 6) is 0. The highest BCUT2D eigenvalue weighted by Gasteiger charge is 2.29. The molecule has 0 saturated heterocycles.